The number of aryl methyl sites for hydroxylation is 1. The Bertz CT molecular complexity index is 1200. The van der Waals surface area contributed by atoms with Gasteiger partial charge in [-0.3, -0.25) is 4.57 Å². The maximum Gasteiger partial charge on any atom is 0.353 e. The number of unbranched alkanes of at least 4 members (excludes halogenated alkanes) is 7. The van der Waals surface area contributed by atoms with Gasteiger partial charge in [0.05, 0.1) is 18.1 Å². The van der Waals surface area contributed by atoms with Crippen LogP contribution in [0.4, 0.5) is 0 Å². The highest BCUT2D eigenvalue weighted by Gasteiger charge is 2.35. The van der Waals surface area contributed by atoms with Crippen molar-refractivity contribution in [3.05, 3.63) is 52.3 Å². The van der Waals surface area contributed by atoms with E-state index in [4.69, 9.17) is 9.15 Å². The van der Waals surface area contributed by atoms with Crippen molar-refractivity contribution in [3.8, 4) is 11.1 Å². The minimum absolute atomic E-state index is 0.222. The van der Waals surface area contributed by atoms with Crippen LogP contribution in [0.5, 0.6) is 0 Å². The number of benzene rings is 1. The summed E-state index contributed by atoms with van der Waals surface area (Å²) in [6, 6.07) is 8.52. The molecule has 0 radical (unpaired) electrons. The standard InChI is InChI=1S/C30H42N2O5/c1-4-5-6-7-8-9-10-11-12-25-28(22-15-13-21(14-16-22)20(2)3)23-18-32(30(35)31-29(23)37-25)27-17-24(34)26(19-33)36-27/h13-16,18,20,24,26-27,33-34H,4-12,17,19H2,1-3H3/t24-,26+,27+/m0/s1. The molecule has 0 spiro atoms. The SMILES string of the molecule is CCCCCCCCCCc1oc2nc(=O)n([C@H]3C[C@H](O)[C@@H](CO)O3)cc2c1-c1ccc(C(C)C)cc1. The smallest absolute Gasteiger partial charge is 0.353 e. The quantitative estimate of drug-likeness (QED) is 0.270. The largest absolute Gasteiger partial charge is 0.442 e. The van der Waals surface area contributed by atoms with Crippen LogP contribution in [0, 0.1) is 0 Å². The molecule has 37 heavy (non-hydrogen) atoms. The topological polar surface area (TPSA) is 97.7 Å². The zero-order valence-electron chi connectivity index (χ0n) is 22.5. The molecule has 0 saturated carbocycles. The molecule has 1 aromatic carbocycles. The molecule has 3 aromatic rings. The van der Waals surface area contributed by atoms with Gasteiger partial charge >= 0.3 is 5.69 Å². The second kappa shape index (κ2) is 12.9. The van der Waals surface area contributed by atoms with Gasteiger partial charge in [-0.15, -0.1) is 0 Å². The van der Waals surface area contributed by atoms with Crippen LogP contribution in [0.25, 0.3) is 22.2 Å². The Balaban J connectivity index is 1.62. The van der Waals surface area contributed by atoms with E-state index >= 15 is 0 Å². The normalized spacial score (nSPS) is 19.9. The van der Waals surface area contributed by atoms with E-state index in [1.807, 2.05) is 0 Å². The highest BCUT2D eigenvalue weighted by molar-refractivity contribution is 5.93. The van der Waals surface area contributed by atoms with E-state index in [0.29, 0.717) is 11.6 Å². The molecule has 0 aliphatic carbocycles. The van der Waals surface area contributed by atoms with Gasteiger partial charge in [-0.1, -0.05) is 90.0 Å². The zero-order chi connectivity index (χ0) is 26.4. The third-order valence-corrected chi connectivity index (χ3v) is 7.50. The molecule has 3 atom stereocenters. The third-order valence-electron chi connectivity index (χ3n) is 7.50. The van der Waals surface area contributed by atoms with E-state index in [-0.39, 0.29) is 13.0 Å². The fraction of sp³-hybridized carbons (Fsp3) is 0.600. The molecule has 1 fully saturated rings. The Morgan fingerprint density at radius 3 is 2.35 bits per heavy atom. The van der Waals surface area contributed by atoms with Gasteiger partial charge in [0.2, 0.25) is 5.71 Å². The van der Waals surface area contributed by atoms with Crippen molar-refractivity contribution in [2.24, 2.45) is 0 Å². The molecule has 3 heterocycles. The van der Waals surface area contributed by atoms with E-state index in [1.54, 1.807) is 6.20 Å². The van der Waals surface area contributed by atoms with Crippen LogP contribution in [0.1, 0.15) is 102 Å². The molecule has 1 saturated heterocycles. The number of hydrogen-bond acceptors (Lipinski definition) is 6. The van der Waals surface area contributed by atoms with E-state index in [9.17, 15) is 15.0 Å². The molecular weight excluding hydrogens is 468 g/mol. The molecule has 7 nitrogen and oxygen atoms in total. The summed E-state index contributed by atoms with van der Waals surface area (Å²) in [5.74, 6) is 1.28. The molecule has 2 aromatic heterocycles. The summed E-state index contributed by atoms with van der Waals surface area (Å²) in [5, 5.41) is 20.4. The van der Waals surface area contributed by atoms with Gasteiger partial charge in [0.25, 0.3) is 0 Å². The van der Waals surface area contributed by atoms with Gasteiger partial charge < -0.3 is 19.4 Å². The fourth-order valence-corrected chi connectivity index (χ4v) is 5.22. The lowest BCUT2D eigenvalue weighted by molar-refractivity contribution is -0.0457. The van der Waals surface area contributed by atoms with Gasteiger partial charge in [0, 0.05) is 24.6 Å². The minimum Gasteiger partial charge on any atom is -0.442 e. The number of aromatic nitrogens is 2. The molecule has 0 amide bonds. The Morgan fingerprint density at radius 2 is 1.73 bits per heavy atom. The zero-order valence-corrected chi connectivity index (χ0v) is 22.5. The molecule has 1 aliphatic heterocycles. The van der Waals surface area contributed by atoms with Crippen molar-refractivity contribution in [3.63, 3.8) is 0 Å². The first kappa shape index (κ1) is 27.6. The van der Waals surface area contributed by atoms with Gasteiger partial charge in [-0.25, -0.2) is 4.79 Å². The molecule has 2 N–H and O–H groups in total. The van der Waals surface area contributed by atoms with Crippen LogP contribution in [0.3, 0.4) is 0 Å². The molecule has 0 bridgehead atoms. The monoisotopic (exact) mass is 510 g/mol. The molecule has 7 heteroatoms. The summed E-state index contributed by atoms with van der Waals surface area (Å²) in [7, 11) is 0. The van der Waals surface area contributed by atoms with Crippen molar-refractivity contribution in [2.45, 2.75) is 109 Å². The average Bonchev–Trinajstić information content (AvgIpc) is 3.44. The minimum atomic E-state index is -0.831. The number of aliphatic hydroxyl groups excluding tert-OH is 2. The van der Waals surface area contributed by atoms with E-state index < -0.39 is 24.1 Å². The Hall–Kier alpha value is -2.48. The highest BCUT2D eigenvalue weighted by Crippen LogP contribution is 2.36. The van der Waals surface area contributed by atoms with E-state index in [0.717, 1.165) is 41.5 Å². The lowest BCUT2D eigenvalue weighted by Crippen LogP contribution is -2.27. The summed E-state index contributed by atoms with van der Waals surface area (Å²) < 4.78 is 13.4. The number of furan rings is 1. The molecule has 202 valence electrons. The van der Waals surface area contributed by atoms with Crippen molar-refractivity contribution in [1.82, 2.24) is 9.55 Å². The number of nitrogens with zero attached hydrogens (tertiary/aromatic N) is 2. The van der Waals surface area contributed by atoms with Crippen LogP contribution in [0.2, 0.25) is 0 Å². The molecule has 4 rings (SSSR count). The predicted molar refractivity (Wildman–Crippen MR) is 146 cm³/mol. The van der Waals surface area contributed by atoms with Crippen molar-refractivity contribution in [2.75, 3.05) is 6.61 Å². The molecular formula is C30H42N2O5. The summed E-state index contributed by atoms with van der Waals surface area (Å²) in [6.07, 6.45) is 10.4. The average molecular weight is 511 g/mol. The predicted octanol–water partition coefficient (Wildman–Crippen LogP) is 6.10. The Kier molecular flexibility index (Phi) is 9.57. The van der Waals surface area contributed by atoms with E-state index in [2.05, 4.69) is 50.0 Å². The van der Waals surface area contributed by atoms with E-state index in [1.165, 1.54) is 48.7 Å². The first-order valence-electron chi connectivity index (χ1n) is 14.0. The van der Waals surface area contributed by atoms with Crippen LogP contribution in [-0.4, -0.2) is 38.6 Å². The van der Waals surface area contributed by atoms with Crippen LogP contribution < -0.4 is 5.69 Å². The number of rotatable bonds is 13. The first-order valence-corrected chi connectivity index (χ1v) is 14.0. The van der Waals surface area contributed by atoms with Gasteiger partial charge in [0.1, 0.15) is 18.1 Å². The van der Waals surface area contributed by atoms with Crippen molar-refractivity contribution in [1.29, 1.82) is 0 Å². The van der Waals surface area contributed by atoms with Crippen LogP contribution in [-0.2, 0) is 11.2 Å². The lowest BCUT2D eigenvalue weighted by Gasteiger charge is -2.14. The van der Waals surface area contributed by atoms with Gasteiger partial charge in [0.15, 0.2) is 0 Å². The van der Waals surface area contributed by atoms with Gasteiger partial charge in [-0.05, 0) is 23.5 Å². The van der Waals surface area contributed by atoms with Crippen LogP contribution in [0.15, 0.2) is 39.7 Å². The number of fused-ring (bicyclic) bond motifs is 1. The second-order valence-electron chi connectivity index (χ2n) is 10.7. The molecule has 1 aliphatic rings. The maximum absolute atomic E-state index is 12.9. The van der Waals surface area contributed by atoms with Crippen molar-refractivity contribution < 1.29 is 19.4 Å². The second-order valence-corrected chi connectivity index (χ2v) is 10.7. The fourth-order valence-electron chi connectivity index (χ4n) is 5.22. The summed E-state index contributed by atoms with van der Waals surface area (Å²) in [5.41, 5.74) is 3.10. The summed E-state index contributed by atoms with van der Waals surface area (Å²) in [4.78, 5) is 17.1. The number of hydrogen-bond donors (Lipinski definition) is 2. The number of aliphatic hydroxyl groups is 2. The Labute approximate surface area is 219 Å². The van der Waals surface area contributed by atoms with Crippen molar-refractivity contribution >= 4 is 11.1 Å². The maximum atomic E-state index is 12.9. The van der Waals surface area contributed by atoms with Crippen LogP contribution >= 0.6 is 0 Å². The summed E-state index contributed by atoms with van der Waals surface area (Å²) >= 11 is 0. The highest BCUT2D eigenvalue weighted by atomic mass is 16.5. The Morgan fingerprint density at radius 1 is 1.05 bits per heavy atom. The third kappa shape index (κ3) is 6.51. The summed E-state index contributed by atoms with van der Waals surface area (Å²) in [6.45, 7) is 6.29. The molecule has 0 unspecified atom stereocenters. The van der Waals surface area contributed by atoms with Gasteiger partial charge in [-0.2, -0.15) is 4.98 Å². The lowest BCUT2D eigenvalue weighted by atomic mass is 9.96. The first-order chi connectivity index (χ1) is 17.9. The number of ether oxygens (including phenoxy) is 1.